The zero-order valence-corrected chi connectivity index (χ0v) is 12.7. The molecule has 0 heterocycles. The lowest BCUT2D eigenvalue weighted by Gasteiger charge is -2.21. The fourth-order valence-electron chi connectivity index (χ4n) is 1.82. The standard InChI is InChI=1S/C12H16N2O6S/c1-8-10(13(2)4-5-21(3,19)20)6-9(12(15)16)7-11(8)14(17)18/h6-7H,4-5H2,1-3H3,(H,15,16). The minimum atomic E-state index is -3.18. The van der Waals surface area contributed by atoms with E-state index in [-0.39, 0.29) is 23.5 Å². The lowest BCUT2D eigenvalue weighted by molar-refractivity contribution is -0.385. The second kappa shape index (κ2) is 6.08. The first-order valence-corrected chi connectivity index (χ1v) is 8.00. The number of anilines is 1. The van der Waals surface area contributed by atoms with Crippen molar-refractivity contribution in [2.75, 3.05) is 30.5 Å². The summed E-state index contributed by atoms with van der Waals surface area (Å²) >= 11 is 0. The van der Waals surface area contributed by atoms with Crippen LogP contribution in [0.1, 0.15) is 15.9 Å². The molecule has 0 aliphatic heterocycles. The molecule has 8 nitrogen and oxygen atoms in total. The van der Waals surface area contributed by atoms with Crippen molar-refractivity contribution in [3.05, 3.63) is 33.4 Å². The number of nitro benzene ring substituents is 1. The molecule has 1 aromatic rings. The molecule has 0 radical (unpaired) electrons. The maximum Gasteiger partial charge on any atom is 0.336 e. The van der Waals surface area contributed by atoms with Gasteiger partial charge < -0.3 is 10.0 Å². The third-order valence-corrected chi connectivity index (χ3v) is 3.93. The van der Waals surface area contributed by atoms with Crippen molar-refractivity contribution in [2.45, 2.75) is 6.92 Å². The molecule has 0 saturated carbocycles. The monoisotopic (exact) mass is 316 g/mol. The molecule has 116 valence electrons. The van der Waals surface area contributed by atoms with Crippen LogP contribution in [0.4, 0.5) is 11.4 Å². The van der Waals surface area contributed by atoms with Gasteiger partial charge in [0.15, 0.2) is 0 Å². The van der Waals surface area contributed by atoms with Crippen molar-refractivity contribution in [3.63, 3.8) is 0 Å². The van der Waals surface area contributed by atoms with Gasteiger partial charge in [0.1, 0.15) is 9.84 Å². The Bertz CT molecular complexity index is 683. The van der Waals surface area contributed by atoms with Crippen LogP contribution < -0.4 is 4.90 Å². The summed E-state index contributed by atoms with van der Waals surface area (Å²) in [5.74, 6) is -1.41. The molecule has 0 spiro atoms. The maximum atomic E-state index is 11.2. The Kier molecular flexibility index (Phi) is 4.89. The van der Waals surface area contributed by atoms with Crippen molar-refractivity contribution in [1.29, 1.82) is 0 Å². The number of hydrogen-bond acceptors (Lipinski definition) is 6. The highest BCUT2D eigenvalue weighted by Crippen LogP contribution is 2.30. The van der Waals surface area contributed by atoms with Crippen LogP contribution in [0.5, 0.6) is 0 Å². The number of carboxylic acids is 1. The lowest BCUT2D eigenvalue weighted by Crippen LogP contribution is -2.26. The van der Waals surface area contributed by atoms with Gasteiger partial charge in [0.05, 0.1) is 21.8 Å². The van der Waals surface area contributed by atoms with E-state index in [1.807, 2.05) is 0 Å². The Morgan fingerprint density at radius 3 is 2.43 bits per heavy atom. The summed E-state index contributed by atoms with van der Waals surface area (Å²) in [5.41, 5.74) is 0.0934. The van der Waals surface area contributed by atoms with Gasteiger partial charge in [-0.2, -0.15) is 0 Å². The van der Waals surface area contributed by atoms with Gasteiger partial charge in [-0.3, -0.25) is 10.1 Å². The van der Waals surface area contributed by atoms with Crippen LogP contribution in [0.25, 0.3) is 0 Å². The number of nitrogens with zero attached hydrogens (tertiary/aromatic N) is 2. The Labute approximate surface area is 122 Å². The highest BCUT2D eigenvalue weighted by atomic mass is 32.2. The smallest absolute Gasteiger partial charge is 0.336 e. The number of carbonyl (C=O) groups is 1. The molecule has 9 heteroatoms. The largest absolute Gasteiger partial charge is 0.478 e. The van der Waals surface area contributed by atoms with Crippen molar-refractivity contribution in [2.24, 2.45) is 0 Å². The summed E-state index contributed by atoms with van der Waals surface area (Å²) in [6.07, 6.45) is 1.09. The van der Waals surface area contributed by atoms with Crippen LogP contribution in [-0.2, 0) is 9.84 Å². The summed E-state index contributed by atoms with van der Waals surface area (Å²) in [5, 5.41) is 20.0. The molecular weight excluding hydrogens is 300 g/mol. The molecule has 0 fully saturated rings. The Morgan fingerprint density at radius 1 is 1.43 bits per heavy atom. The third-order valence-electron chi connectivity index (χ3n) is 3.01. The molecule has 0 atom stereocenters. The molecule has 1 aromatic carbocycles. The van der Waals surface area contributed by atoms with Gasteiger partial charge >= 0.3 is 5.97 Å². The highest BCUT2D eigenvalue weighted by Gasteiger charge is 2.21. The third kappa shape index (κ3) is 4.42. The molecule has 0 aliphatic carbocycles. The minimum absolute atomic E-state index is 0.111. The van der Waals surface area contributed by atoms with E-state index in [1.165, 1.54) is 17.9 Å². The maximum absolute atomic E-state index is 11.2. The Morgan fingerprint density at radius 2 is 2.00 bits per heavy atom. The predicted octanol–water partition coefficient (Wildman–Crippen LogP) is 1.08. The molecule has 0 aliphatic rings. The van der Waals surface area contributed by atoms with Crippen LogP contribution >= 0.6 is 0 Å². The molecule has 1 rings (SSSR count). The quantitative estimate of drug-likeness (QED) is 0.616. The molecule has 0 unspecified atom stereocenters. The number of sulfone groups is 1. The second-order valence-corrected chi connectivity index (χ2v) is 7.01. The Hall–Kier alpha value is -2.16. The highest BCUT2D eigenvalue weighted by molar-refractivity contribution is 7.90. The van der Waals surface area contributed by atoms with E-state index in [1.54, 1.807) is 7.05 Å². The van der Waals surface area contributed by atoms with Crippen LogP contribution in [0.3, 0.4) is 0 Å². The zero-order chi connectivity index (χ0) is 16.4. The van der Waals surface area contributed by atoms with Crippen molar-refractivity contribution in [3.8, 4) is 0 Å². The van der Waals surface area contributed by atoms with E-state index in [9.17, 15) is 23.3 Å². The predicted molar refractivity (Wildman–Crippen MR) is 77.8 cm³/mol. The lowest BCUT2D eigenvalue weighted by atomic mass is 10.1. The van der Waals surface area contributed by atoms with Crippen molar-refractivity contribution >= 4 is 27.2 Å². The second-order valence-electron chi connectivity index (χ2n) is 4.75. The molecule has 21 heavy (non-hydrogen) atoms. The fraction of sp³-hybridized carbons (Fsp3) is 0.417. The summed E-state index contributed by atoms with van der Waals surface area (Å²) < 4.78 is 22.3. The number of rotatable bonds is 6. The van der Waals surface area contributed by atoms with Gasteiger partial charge in [-0.15, -0.1) is 0 Å². The van der Waals surface area contributed by atoms with E-state index in [2.05, 4.69) is 0 Å². The number of aromatic carboxylic acids is 1. The minimum Gasteiger partial charge on any atom is -0.478 e. The first-order valence-electron chi connectivity index (χ1n) is 5.94. The topological polar surface area (TPSA) is 118 Å². The van der Waals surface area contributed by atoms with Crippen LogP contribution in [0, 0.1) is 17.0 Å². The van der Waals surface area contributed by atoms with Gasteiger partial charge in [-0.05, 0) is 13.0 Å². The van der Waals surface area contributed by atoms with E-state index < -0.39 is 20.7 Å². The SMILES string of the molecule is Cc1c(N(C)CCS(C)(=O)=O)cc(C(=O)O)cc1[N+](=O)[O-]. The first kappa shape index (κ1) is 16.9. The van der Waals surface area contributed by atoms with Crippen molar-refractivity contribution < 1.29 is 23.2 Å². The average Bonchev–Trinajstić information content (AvgIpc) is 2.34. The molecule has 0 bridgehead atoms. The first-order chi connectivity index (χ1) is 9.53. The van der Waals surface area contributed by atoms with E-state index in [0.29, 0.717) is 11.3 Å². The Balaban J connectivity index is 3.27. The molecule has 1 N–H and O–H groups in total. The summed E-state index contributed by atoms with van der Waals surface area (Å²) in [7, 11) is -1.63. The molecular formula is C12H16N2O6S. The van der Waals surface area contributed by atoms with E-state index >= 15 is 0 Å². The van der Waals surface area contributed by atoms with Gasteiger partial charge in [-0.25, -0.2) is 13.2 Å². The number of nitro groups is 1. The van der Waals surface area contributed by atoms with Crippen LogP contribution in [0.2, 0.25) is 0 Å². The fourth-order valence-corrected chi connectivity index (χ4v) is 2.42. The van der Waals surface area contributed by atoms with Crippen LogP contribution in [0.15, 0.2) is 12.1 Å². The van der Waals surface area contributed by atoms with E-state index in [4.69, 9.17) is 5.11 Å². The van der Waals surface area contributed by atoms with Crippen LogP contribution in [-0.4, -0.2) is 50.0 Å². The van der Waals surface area contributed by atoms with Crippen molar-refractivity contribution in [1.82, 2.24) is 0 Å². The van der Waals surface area contributed by atoms with Gasteiger partial charge in [0, 0.05) is 31.6 Å². The summed E-state index contributed by atoms with van der Waals surface area (Å²) in [6, 6.07) is 2.29. The average molecular weight is 316 g/mol. The zero-order valence-electron chi connectivity index (χ0n) is 11.9. The number of carboxylic acid groups (broad SMARTS) is 1. The molecule has 0 saturated heterocycles. The van der Waals surface area contributed by atoms with Gasteiger partial charge in [-0.1, -0.05) is 0 Å². The molecule has 0 amide bonds. The van der Waals surface area contributed by atoms with E-state index in [0.717, 1.165) is 12.3 Å². The van der Waals surface area contributed by atoms with Gasteiger partial charge in [0.25, 0.3) is 5.69 Å². The number of hydrogen-bond donors (Lipinski definition) is 1. The van der Waals surface area contributed by atoms with Gasteiger partial charge in [0.2, 0.25) is 0 Å². The summed E-state index contributed by atoms with van der Waals surface area (Å²) in [6.45, 7) is 1.61. The number of benzene rings is 1. The molecule has 0 aromatic heterocycles. The summed E-state index contributed by atoms with van der Waals surface area (Å²) in [4.78, 5) is 22.9. The normalized spacial score (nSPS) is 11.2.